The van der Waals surface area contributed by atoms with E-state index >= 15 is 0 Å². The molecule has 5 nitrogen and oxygen atoms in total. The molecule has 0 aromatic heterocycles. The van der Waals surface area contributed by atoms with E-state index in [1.165, 1.54) is 6.07 Å². The molecular weight excluding hydrogens is 320 g/mol. The number of carbonyl (C=O) groups excluding carboxylic acids is 2. The molecule has 2 aromatic rings. The lowest BCUT2D eigenvalue weighted by Gasteiger charge is -2.14. The maximum atomic E-state index is 12.4. The molecule has 0 heterocycles. The van der Waals surface area contributed by atoms with Gasteiger partial charge in [0, 0.05) is 0 Å². The first-order valence-electron chi connectivity index (χ1n) is 8.26. The summed E-state index contributed by atoms with van der Waals surface area (Å²) >= 11 is 0. The molecule has 0 unspecified atom stereocenters. The first kappa shape index (κ1) is 18.5. The highest BCUT2D eigenvalue weighted by Crippen LogP contribution is 2.28. The van der Waals surface area contributed by atoms with Gasteiger partial charge >= 0.3 is 11.9 Å². The molecule has 0 fully saturated rings. The summed E-state index contributed by atoms with van der Waals surface area (Å²) in [6.07, 6.45) is 0.691. The van der Waals surface area contributed by atoms with E-state index in [2.05, 4.69) is 0 Å². The van der Waals surface area contributed by atoms with Crippen LogP contribution in [-0.2, 0) is 4.74 Å². The summed E-state index contributed by atoms with van der Waals surface area (Å²) in [5, 5.41) is 0. The topological polar surface area (TPSA) is 61.8 Å². The number of hydrogen-bond acceptors (Lipinski definition) is 5. The van der Waals surface area contributed by atoms with Gasteiger partial charge in [-0.2, -0.15) is 0 Å². The van der Waals surface area contributed by atoms with Crippen molar-refractivity contribution in [3.05, 3.63) is 59.7 Å². The Hall–Kier alpha value is -2.82. The smallest absolute Gasteiger partial charge is 0.343 e. The summed E-state index contributed by atoms with van der Waals surface area (Å²) in [5.41, 5.74) is 0.583. The molecule has 0 saturated heterocycles. The van der Waals surface area contributed by atoms with Gasteiger partial charge in [-0.3, -0.25) is 0 Å². The molecule has 0 saturated carbocycles. The maximum absolute atomic E-state index is 12.4. The number of para-hydroxylation sites is 2. The molecule has 0 spiro atoms. The monoisotopic (exact) mass is 342 g/mol. The third kappa shape index (κ3) is 5.35. The molecule has 0 radical (unpaired) electrons. The Morgan fingerprint density at radius 3 is 2.20 bits per heavy atom. The van der Waals surface area contributed by atoms with Crippen molar-refractivity contribution in [1.29, 1.82) is 0 Å². The van der Waals surface area contributed by atoms with E-state index in [-0.39, 0.29) is 11.7 Å². The van der Waals surface area contributed by atoms with Crippen molar-refractivity contribution >= 4 is 11.9 Å². The summed E-state index contributed by atoms with van der Waals surface area (Å²) in [6, 6.07) is 13.2. The Morgan fingerprint density at radius 2 is 1.56 bits per heavy atom. The second kappa shape index (κ2) is 8.87. The standard InChI is InChI=1S/C20H22O5/c1-4-12-23-19(21)15-8-7-9-16(13-15)20(22)25-18-11-6-5-10-17(18)24-14(2)3/h5-11,13-14H,4,12H2,1-3H3. The molecule has 0 amide bonds. The lowest BCUT2D eigenvalue weighted by atomic mass is 10.1. The van der Waals surface area contributed by atoms with Crippen molar-refractivity contribution in [2.75, 3.05) is 6.61 Å². The zero-order valence-corrected chi connectivity index (χ0v) is 14.7. The third-order valence-corrected chi connectivity index (χ3v) is 3.19. The first-order chi connectivity index (χ1) is 12.0. The van der Waals surface area contributed by atoms with Crippen LogP contribution in [0.2, 0.25) is 0 Å². The van der Waals surface area contributed by atoms with Gasteiger partial charge < -0.3 is 14.2 Å². The number of carbonyl (C=O) groups is 2. The second-order valence-electron chi connectivity index (χ2n) is 5.72. The fraction of sp³-hybridized carbons (Fsp3) is 0.300. The third-order valence-electron chi connectivity index (χ3n) is 3.19. The van der Waals surface area contributed by atoms with Crippen LogP contribution in [0, 0.1) is 0 Å². The Bertz CT molecular complexity index is 736. The van der Waals surface area contributed by atoms with Crippen LogP contribution < -0.4 is 9.47 Å². The molecule has 2 aromatic carbocycles. The van der Waals surface area contributed by atoms with Crippen LogP contribution in [-0.4, -0.2) is 24.6 Å². The number of rotatable bonds is 7. The predicted octanol–water partition coefficient (Wildman–Crippen LogP) is 4.26. The summed E-state index contributed by atoms with van der Waals surface area (Å²) in [6.45, 7) is 6.04. The van der Waals surface area contributed by atoms with Gasteiger partial charge in [0.15, 0.2) is 11.5 Å². The molecule has 132 valence electrons. The Morgan fingerprint density at radius 1 is 0.920 bits per heavy atom. The summed E-state index contributed by atoms with van der Waals surface area (Å²) in [5.74, 6) is -0.200. The molecule has 25 heavy (non-hydrogen) atoms. The molecule has 0 atom stereocenters. The van der Waals surface area contributed by atoms with E-state index in [4.69, 9.17) is 14.2 Å². The van der Waals surface area contributed by atoms with Crippen molar-refractivity contribution in [2.24, 2.45) is 0 Å². The quantitative estimate of drug-likeness (QED) is 0.556. The van der Waals surface area contributed by atoms with Gasteiger partial charge in [0.05, 0.1) is 23.8 Å². The molecule has 0 bridgehead atoms. The maximum Gasteiger partial charge on any atom is 0.343 e. The van der Waals surface area contributed by atoms with Crippen LogP contribution >= 0.6 is 0 Å². The van der Waals surface area contributed by atoms with Gasteiger partial charge in [-0.1, -0.05) is 25.1 Å². The summed E-state index contributed by atoms with van der Waals surface area (Å²) < 4.78 is 16.2. The van der Waals surface area contributed by atoms with Gasteiger partial charge in [0.2, 0.25) is 0 Å². The number of hydrogen-bond donors (Lipinski definition) is 0. The molecule has 2 rings (SSSR count). The molecule has 0 aliphatic rings. The fourth-order valence-electron chi connectivity index (χ4n) is 2.10. The van der Waals surface area contributed by atoms with E-state index in [9.17, 15) is 9.59 Å². The first-order valence-corrected chi connectivity index (χ1v) is 8.26. The molecule has 0 aliphatic carbocycles. The molecule has 5 heteroatoms. The van der Waals surface area contributed by atoms with Crippen LogP contribution in [0.1, 0.15) is 47.9 Å². The fourth-order valence-corrected chi connectivity index (χ4v) is 2.10. The summed E-state index contributed by atoms with van der Waals surface area (Å²) in [4.78, 5) is 24.3. The van der Waals surface area contributed by atoms with Crippen LogP contribution in [0.4, 0.5) is 0 Å². The van der Waals surface area contributed by atoms with E-state index < -0.39 is 11.9 Å². The highest BCUT2D eigenvalue weighted by molar-refractivity contribution is 5.96. The minimum atomic E-state index is -0.565. The minimum Gasteiger partial charge on any atom is -0.487 e. The van der Waals surface area contributed by atoms with Crippen molar-refractivity contribution < 1.29 is 23.8 Å². The Kier molecular flexibility index (Phi) is 6.57. The Balaban J connectivity index is 2.15. The average Bonchev–Trinajstić information content (AvgIpc) is 2.61. The zero-order valence-electron chi connectivity index (χ0n) is 14.7. The van der Waals surface area contributed by atoms with Crippen molar-refractivity contribution in [1.82, 2.24) is 0 Å². The SMILES string of the molecule is CCCOC(=O)c1cccc(C(=O)Oc2ccccc2OC(C)C)c1. The van der Waals surface area contributed by atoms with Gasteiger partial charge in [-0.05, 0) is 50.6 Å². The molecular formula is C20H22O5. The van der Waals surface area contributed by atoms with Crippen LogP contribution in [0.3, 0.4) is 0 Å². The number of esters is 2. The Labute approximate surface area is 147 Å². The van der Waals surface area contributed by atoms with Crippen molar-refractivity contribution in [3.63, 3.8) is 0 Å². The summed E-state index contributed by atoms with van der Waals surface area (Å²) in [7, 11) is 0. The van der Waals surface area contributed by atoms with E-state index in [0.29, 0.717) is 23.7 Å². The normalized spacial score (nSPS) is 10.4. The largest absolute Gasteiger partial charge is 0.487 e. The van der Waals surface area contributed by atoms with Gasteiger partial charge in [0.1, 0.15) is 0 Å². The van der Waals surface area contributed by atoms with Gasteiger partial charge in [0.25, 0.3) is 0 Å². The molecule has 0 aliphatic heterocycles. The highest BCUT2D eigenvalue weighted by atomic mass is 16.6. The van der Waals surface area contributed by atoms with Gasteiger partial charge in [-0.15, -0.1) is 0 Å². The van der Waals surface area contributed by atoms with Crippen LogP contribution in [0.25, 0.3) is 0 Å². The second-order valence-corrected chi connectivity index (χ2v) is 5.72. The van der Waals surface area contributed by atoms with E-state index in [0.717, 1.165) is 6.42 Å². The highest BCUT2D eigenvalue weighted by Gasteiger charge is 2.15. The van der Waals surface area contributed by atoms with Crippen LogP contribution in [0.5, 0.6) is 11.5 Å². The number of benzene rings is 2. The lowest BCUT2D eigenvalue weighted by molar-refractivity contribution is 0.0505. The lowest BCUT2D eigenvalue weighted by Crippen LogP contribution is -2.13. The van der Waals surface area contributed by atoms with E-state index in [1.54, 1.807) is 42.5 Å². The minimum absolute atomic E-state index is 0.0449. The zero-order chi connectivity index (χ0) is 18.2. The molecule has 0 N–H and O–H groups in total. The van der Waals surface area contributed by atoms with E-state index in [1.807, 2.05) is 20.8 Å². The van der Waals surface area contributed by atoms with Gasteiger partial charge in [-0.25, -0.2) is 9.59 Å². The van der Waals surface area contributed by atoms with Crippen LogP contribution in [0.15, 0.2) is 48.5 Å². The van der Waals surface area contributed by atoms with Crippen molar-refractivity contribution in [2.45, 2.75) is 33.3 Å². The number of ether oxygens (including phenoxy) is 3. The average molecular weight is 342 g/mol. The van der Waals surface area contributed by atoms with Crippen molar-refractivity contribution in [3.8, 4) is 11.5 Å². The predicted molar refractivity (Wildman–Crippen MR) is 94.2 cm³/mol.